The van der Waals surface area contributed by atoms with Gasteiger partial charge in [-0.15, -0.1) is 0 Å². The smallest absolute Gasteiger partial charge is 0.302 e. The molecule has 1 aromatic heterocycles. The molecule has 2 rings (SSSR count). The van der Waals surface area contributed by atoms with Crippen molar-refractivity contribution in [3.8, 4) is 0 Å². The number of hydrogen-bond donors (Lipinski definition) is 1. The Labute approximate surface area is 144 Å². The van der Waals surface area contributed by atoms with E-state index in [0.717, 1.165) is 0 Å². The molecule has 0 aliphatic carbocycles. The number of carbonyl (C=O) groups is 2. The summed E-state index contributed by atoms with van der Waals surface area (Å²) in [7, 11) is 0. The van der Waals surface area contributed by atoms with Crippen LogP contribution in [-0.2, 0) is 25.6 Å². The summed E-state index contributed by atoms with van der Waals surface area (Å²) >= 11 is 6.16. The van der Waals surface area contributed by atoms with Crippen molar-refractivity contribution < 1.29 is 19.1 Å². The molecule has 0 bridgehead atoms. The average molecular weight is 358 g/mol. The maximum atomic E-state index is 11.0. The Hall–Kier alpha value is -2.13. The SMILES string of the molecule is CC(=O)OCC(CCn1cnc2c1N=CN(N)[C@@H]2Cl)COC(C)=O. The molecule has 2 heterocycles. The third-order valence-corrected chi connectivity index (χ3v) is 3.89. The zero-order chi connectivity index (χ0) is 17.7. The summed E-state index contributed by atoms with van der Waals surface area (Å²) in [5.74, 6) is 5.43. The van der Waals surface area contributed by atoms with Gasteiger partial charge in [0.1, 0.15) is 12.0 Å². The van der Waals surface area contributed by atoms with E-state index in [2.05, 4.69) is 9.98 Å². The number of halogens is 1. The first-order valence-corrected chi connectivity index (χ1v) is 7.85. The number of hydrazine groups is 1. The summed E-state index contributed by atoms with van der Waals surface area (Å²) in [5, 5.41) is 1.27. The van der Waals surface area contributed by atoms with Crippen LogP contribution < -0.4 is 5.84 Å². The van der Waals surface area contributed by atoms with Gasteiger partial charge in [-0.2, -0.15) is 0 Å². The van der Waals surface area contributed by atoms with E-state index in [1.807, 2.05) is 4.57 Å². The van der Waals surface area contributed by atoms with E-state index < -0.39 is 5.50 Å². The second-order valence-electron chi connectivity index (χ2n) is 5.43. The molecule has 0 aromatic carbocycles. The number of nitrogens with zero attached hydrogens (tertiary/aromatic N) is 4. The summed E-state index contributed by atoms with van der Waals surface area (Å²) in [6, 6.07) is 0. The number of ether oxygens (including phenoxy) is 2. The molecule has 0 amide bonds. The minimum Gasteiger partial charge on any atom is -0.465 e. The number of alkyl halides is 1. The van der Waals surface area contributed by atoms with Crippen LogP contribution in [0.2, 0.25) is 0 Å². The molecule has 132 valence electrons. The lowest BCUT2D eigenvalue weighted by molar-refractivity contribution is -0.146. The fourth-order valence-electron chi connectivity index (χ4n) is 2.19. The van der Waals surface area contributed by atoms with Gasteiger partial charge in [-0.1, -0.05) is 11.6 Å². The van der Waals surface area contributed by atoms with Crippen molar-refractivity contribution in [2.24, 2.45) is 16.8 Å². The number of aryl methyl sites for hydroxylation is 1. The zero-order valence-corrected chi connectivity index (χ0v) is 14.3. The van der Waals surface area contributed by atoms with E-state index in [0.29, 0.717) is 24.5 Å². The molecule has 0 saturated heterocycles. The van der Waals surface area contributed by atoms with E-state index in [4.69, 9.17) is 26.9 Å². The molecule has 1 aromatic rings. The Morgan fingerprint density at radius 3 is 2.54 bits per heavy atom. The molecular formula is C14H20ClN5O4. The van der Waals surface area contributed by atoms with Crippen LogP contribution in [0, 0.1) is 5.92 Å². The van der Waals surface area contributed by atoms with E-state index in [-0.39, 0.29) is 31.1 Å². The maximum absolute atomic E-state index is 11.0. The number of rotatable bonds is 7. The summed E-state index contributed by atoms with van der Waals surface area (Å²) < 4.78 is 11.9. The first-order chi connectivity index (χ1) is 11.4. The molecule has 9 nitrogen and oxygen atoms in total. The third kappa shape index (κ3) is 4.68. The van der Waals surface area contributed by atoms with Crippen molar-refractivity contribution in [3.63, 3.8) is 0 Å². The first kappa shape index (κ1) is 18.2. The lowest BCUT2D eigenvalue weighted by atomic mass is 10.1. The Bertz CT molecular complexity index is 615. The van der Waals surface area contributed by atoms with Gasteiger partial charge < -0.3 is 14.0 Å². The van der Waals surface area contributed by atoms with Gasteiger partial charge in [-0.3, -0.25) is 14.6 Å². The summed E-state index contributed by atoms with van der Waals surface area (Å²) in [6.45, 7) is 3.59. The Kier molecular flexibility index (Phi) is 6.16. The largest absolute Gasteiger partial charge is 0.465 e. The number of nitrogens with two attached hydrogens (primary N) is 1. The van der Waals surface area contributed by atoms with E-state index in [1.165, 1.54) is 25.2 Å². The van der Waals surface area contributed by atoms with Gasteiger partial charge in [0, 0.05) is 26.3 Å². The highest BCUT2D eigenvalue weighted by molar-refractivity contribution is 6.21. The summed E-state index contributed by atoms with van der Waals surface area (Å²) in [5.41, 5.74) is 0.00910. The van der Waals surface area contributed by atoms with Crippen LogP contribution in [0.5, 0.6) is 0 Å². The standard InChI is InChI=1S/C14H20ClN5O4/c1-9(21)23-5-11(6-24-10(2)22)3-4-19-7-17-12-13(15)20(16)8-18-14(12)19/h7-8,11,13H,3-6,16H2,1-2H3/t13-/m0/s1. The predicted molar refractivity (Wildman–Crippen MR) is 86.4 cm³/mol. The van der Waals surface area contributed by atoms with Crippen LogP contribution in [-0.4, -0.2) is 46.1 Å². The molecule has 0 unspecified atom stereocenters. The van der Waals surface area contributed by atoms with Crippen molar-refractivity contribution in [1.29, 1.82) is 0 Å². The minimum atomic E-state index is -0.573. The topological polar surface area (TPSA) is 112 Å². The normalized spacial score (nSPS) is 16.2. The fraction of sp³-hybridized carbons (Fsp3) is 0.571. The summed E-state index contributed by atoms with van der Waals surface area (Å²) in [6.07, 6.45) is 3.68. The lowest BCUT2D eigenvalue weighted by Gasteiger charge is -2.22. The van der Waals surface area contributed by atoms with Gasteiger partial charge in [0.05, 0.1) is 19.5 Å². The van der Waals surface area contributed by atoms with Crippen LogP contribution in [0.1, 0.15) is 31.5 Å². The third-order valence-electron chi connectivity index (χ3n) is 3.46. The highest BCUT2D eigenvalue weighted by atomic mass is 35.5. The van der Waals surface area contributed by atoms with E-state index in [9.17, 15) is 9.59 Å². The molecule has 1 aliphatic heterocycles. The summed E-state index contributed by atoms with van der Waals surface area (Å²) in [4.78, 5) is 30.4. The number of imidazole rings is 1. The molecule has 10 heteroatoms. The van der Waals surface area contributed by atoms with Crippen molar-refractivity contribution in [1.82, 2.24) is 14.6 Å². The zero-order valence-electron chi connectivity index (χ0n) is 13.5. The molecular weight excluding hydrogens is 338 g/mol. The molecule has 0 spiro atoms. The number of aromatic nitrogens is 2. The van der Waals surface area contributed by atoms with Crippen LogP contribution >= 0.6 is 11.6 Å². The fourth-order valence-corrected chi connectivity index (χ4v) is 2.40. The quantitative estimate of drug-likeness (QED) is 0.336. The molecule has 0 fully saturated rings. The highest BCUT2D eigenvalue weighted by Gasteiger charge is 2.25. The van der Waals surface area contributed by atoms with E-state index >= 15 is 0 Å². The monoisotopic (exact) mass is 357 g/mol. The second-order valence-corrected chi connectivity index (χ2v) is 5.85. The second kappa shape index (κ2) is 8.11. The molecule has 0 saturated carbocycles. The van der Waals surface area contributed by atoms with Crippen LogP contribution in [0.4, 0.5) is 5.82 Å². The molecule has 1 atom stereocenters. The van der Waals surface area contributed by atoms with Crippen molar-refractivity contribution >= 4 is 35.7 Å². The van der Waals surface area contributed by atoms with Crippen LogP contribution in [0.25, 0.3) is 0 Å². The minimum absolute atomic E-state index is 0.124. The number of aliphatic imine (C=N–C) groups is 1. The van der Waals surface area contributed by atoms with E-state index in [1.54, 1.807) is 6.33 Å². The Balaban J connectivity index is 1.99. The van der Waals surface area contributed by atoms with Gasteiger partial charge in [0.25, 0.3) is 0 Å². The number of esters is 2. The van der Waals surface area contributed by atoms with Gasteiger partial charge in [-0.25, -0.2) is 15.8 Å². The molecule has 0 radical (unpaired) electrons. The lowest BCUT2D eigenvalue weighted by Crippen LogP contribution is -2.33. The van der Waals surface area contributed by atoms with Crippen LogP contribution in [0.3, 0.4) is 0 Å². The first-order valence-electron chi connectivity index (χ1n) is 7.41. The Morgan fingerprint density at radius 2 is 1.96 bits per heavy atom. The van der Waals surface area contributed by atoms with Gasteiger partial charge in [0.15, 0.2) is 11.3 Å². The van der Waals surface area contributed by atoms with Gasteiger partial charge >= 0.3 is 11.9 Å². The molecule has 2 N–H and O–H groups in total. The van der Waals surface area contributed by atoms with Crippen molar-refractivity contribution in [2.45, 2.75) is 32.3 Å². The highest BCUT2D eigenvalue weighted by Crippen LogP contribution is 2.33. The number of fused-ring (bicyclic) bond motifs is 1. The van der Waals surface area contributed by atoms with Crippen molar-refractivity contribution in [2.75, 3.05) is 13.2 Å². The maximum Gasteiger partial charge on any atom is 0.302 e. The number of carbonyl (C=O) groups excluding carboxylic acids is 2. The molecule has 1 aliphatic rings. The number of hydrogen-bond acceptors (Lipinski definition) is 8. The average Bonchev–Trinajstić information content (AvgIpc) is 2.93. The predicted octanol–water partition coefficient (Wildman–Crippen LogP) is 1.10. The Morgan fingerprint density at radius 1 is 1.33 bits per heavy atom. The van der Waals surface area contributed by atoms with Crippen LogP contribution in [0.15, 0.2) is 11.3 Å². The van der Waals surface area contributed by atoms with Gasteiger partial charge in [-0.05, 0) is 6.42 Å². The van der Waals surface area contributed by atoms with Gasteiger partial charge in [0.2, 0.25) is 0 Å². The van der Waals surface area contributed by atoms with Crippen molar-refractivity contribution in [3.05, 3.63) is 12.0 Å². The molecule has 24 heavy (non-hydrogen) atoms.